The number of hydrogen-bond acceptors (Lipinski definition) is 2. The predicted molar refractivity (Wildman–Crippen MR) is 62.2 cm³/mol. The molecule has 1 heterocycles. The Morgan fingerprint density at radius 2 is 2.14 bits per heavy atom. The van der Waals surface area contributed by atoms with Crippen molar-refractivity contribution in [3.8, 4) is 0 Å². The molecule has 0 bridgehead atoms. The molecule has 1 aromatic carbocycles. The van der Waals surface area contributed by atoms with E-state index in [-0.39, 0.29) is 5.91 Å². The third kappa shape index (κ3) is 1.71. The van der Waals surface area contributed by atoms with E-state index in [9.17, 15) is 4.79 Å². The number of carbonyl (C=O) groups excluding carboxylic acids is 1. The molecule has 14 heavy (non-hydrogen) atoms. The molecule has 5 heteroatoms. The van der Waals surface area contributed by atoms with Crippen LogP contribution in [0.2, 0.25) is 0 Å². The highest BCUT2D eigenvalue weighted by molar-refractivity contribution is 9.11. The third-order valence-corrected chi connectivity index (χ3v) is 3.24. The maximum atomic E-state index is 11.3. The minimum Gasteiger partial charge on any atom is -0.323 e. The van der Waals surface area contributed by atoms with Crippen LogP contribution in [-0.4, -0.2) is 11.9 Å². The molecular formula is C9H8Br2N2O. The van der Waals surface area contributed by atoms with E-state index in [0.29, 0.717) is 6.42 Å². The molecule has 0 spiro atoms. The summed E-state index contributed by atoms with van der Waals surface area (Å²) in [5.41, 5.74) is 7.54. The summed E-state index contributed by atoms with van der Waals surface area (Å²) < 4.78 is 1.86. The van der Waals surface area contributed by atoms with Crippen molar-refractivity contribution in [2.24, 2.45) is 5.73 Å². The van der Waals surface area contributed by atoms with Crippen LogP contribution in [-0.2, 0) is 11.2 Å². The molecule has 1 unspecified atom stereocenters. The van der Waals surface area contributed by atoms with Gasteiger partial charge in [0.05, 0.1) is 11.7 Å². The summed E-state index contributed by atoms with van der Waals surface area (Å²) in [4.78, 5) is 11.3. The number of nitrogens with two attached hydrogens (primary N) is 1. The highest BCUT2D eigenvalue weighted by Crippen LogP contribution is 2.33. The monoisotopic (exact) mass is 318 g/mol. The van der Waals surface area contributed by atoms with Crippen molar-refractivity contribution in [2.75, 3.05) is 5.32 Å². The predicted octanol–water partition coefficient (Wildman–Crippen LogP) is 2.03. The smallest absolute Gasteiger partial charge is 0.241 e. The molecule has 0 saturated carbocycles. The summed E-state index contributed by atoms with van der Waals surface area (Å²) in [6, 6.07) is 3.43. The first-order valence-corrected chi connectivity index (χ1v) is 5.71. The van der Waals surface area contributed by atoms with Gasteiger partial charge in [0.15, 0.2) is 0 Å². The van der Waals surface area contributed by atoms with Gasteiger partial charge in [-0.3, -0.25) is 4.79 Å². The minimum atomic E-state index is -0.441. The Labute approximate surface area is 98.3 Å². The summed E-state index contributed by atoms with van der Waals surface area (Å²) in [6.07, 6.45) is 0.583. The first-order chi connectivity index (χ1) is 6.58. The molecule has 74 valence electrons. The largest absolute Gasteiger partial charge is 0.323 e. The van der Waals surface area contributed by atoms with Crippen LogP contribution in [0.5, 0.6) is 0 Å². The molecule has 0 aromatic heterocycles. The molecule has 0 aliphatic carbocycles. The molecule has 2 rings (SSSR count). The second-order valence-corrected chi connectivity index (χ2v) is 4.99. The van der Waals surface area contributed by atoms with Gasteiger partial charge in [-0.15, -0.1) is 0 Å². The number of halogens is 2. The van der Waals surface area contributed by atoms with E-state index >= 15 is 0 Å². The van der Waals surface area contributed by atoms with Crippen LogP contribution in [0.1, 0.15) is 5.56 Å². The Balaban J connectivity index is 2.51. The molecule has 0 radical (unpaired) electrons. The van der Waals surface area contributed by atoms with Crippen molar-refractivity contribution in [3.63, 3.8) is 0 Å². The Bertz CT molecular complexity index is 406. The van der Waals surface area contributed by atoms with Crippen LogP contribution in [0.3, 0.4) is 0 Å². The van der Waals surface area contributed by atoms with Crippen molar-refractivity contribution < 1.29 is 4.79 Å². The van der Waals surface area contributed by atoms with Crippen molar-refractivity contribution in [1.29, 1.82) is 0 Å². The lowest BCUT2D eigenvalue weighted by Gasteiger charge is -2.23. The Kier molecular flexibility index (Phi) is 2.64. The first kappa shape index (κ1) is 10.1. The molecule has 1 aliphatic rings. The number of fused-ring (bicyclic) bond motifs is 1. The fourth-order valence-electron chi connectivity index (χ4n) is 1.47. The second-order valence-electron chi connectivity index (χ2n) is 3.22. The van der Waals surface area contributed by atoms with Gasteiger partial charge < -0.3 is 11.1 Å². The Morgan fingerprint density at radius 1 is 1.43 bits per heavy atom. The van der Waals surface area contributed by atoms with Crippen LogP contribution in [0.4, 0.5) is 5.69 Å². The molecule has 1 amide bonds. The van der Waals surface area contributed by atoms with Crippen molar-refractivity contribution in [2.45, 2.75) is 12.5 Å². The number of amides is 1. The van der Waals surface area contributed by atoms with E-state index in [0.717, 1.165) is 20.2 Å². The normalized spacial score (nSPS) is 20.2. The zero-order valence-corrected chi connectivity index (χ0v) is 10.4. The van der Waals surface area contributed by atoms with Crippen LogP contribution in [0, 0.1) is 0 Å². The summed E-state index contributed by atoms with van der Waals surface area (Å²) in [5.74, 6) is -0.125. The highest BCUT2D eigenvalue weighted by Gasteiger charge is 2.24. The topological polar surface area (TPSA) is 55.1 Å². The number of carbonyl (C=O) groups is 1. The molecular weight excluding hydrogens is 312 g/mol. The summed E-state index contributed by atoms with van der Waals surface area (Å²) in [5, 5.41) is 2.77. The number of benzene rings is 1. The van der Waals surface area contributed by atoms with E-state index in [1.807, 2.05) is 12.1 Å². The third-order valence-electron chi connectivity index (χ3n) is 2.16. The lowest BCUT2D eigenvalue weighted by atomic mass is 10.00. The molecule has 3 nitrogen and oxygen atoms in total. The van der Waals surface area contributed by atoms with Crippen molar-refractivity contribution in [1.82, 2.24) is 0 Å². The molecule has 0 saturated heterocycles. The molecule has 1 atom stereocenters. The van der Waals surface area contributed by atoms with Crippen molar-refractivity contribution >= 4 is 43.5 Å². The molecule has 1 aliphatic heterocycles. The molecule has 0 fully saturated rings. The number of anilines is 1. The van der Waals surface area contributed by atoms with Gasteiger partial charge in [0.2, 0.25) is 5.91 Å². The van der Waals surface area contributed by atoms with Gasteiger partial charge in [0, 0.05) is 8.95 Å². The van der Waals surface area contributed by atoms with E-state index < -0.39 is 6.04 Å². The quantitative estimate of drug-likeness (QED) is 0.769. The van der Waals surface area contributed by atoms with E-state index in [1.165, 1.54) is 0 Å². The highest BCUT2D eigenvalue weighted by atomic mass is 79.9. The summed E-state index contributed by atoms with van der Waals surface area (Å²) in [7, 11) is 0. The maximum absolute atomic E-state index is 11.3. The minimum absolute atomic E-state index is 0.125. The van der Waals surface area contributed by atoms with E-state index in [1.54, 1.807) is 0 Å². The average Bonchev–Trinajstić information content (AvgIpc) is 2.08. The van der Waals surface area contributed by atoms with Crippen LogP contribution >= 0.6 is 31.9 Å². The lowest BCUT2D eigenvalue weighted by Crippen LogP contribution is -2.41. The fourth-order valence-corrected chi connectivity index (χ4v) is 2.89. The number of nitrogens with one attached hydrogen (secondary N) is 1. The van der Waals surface area contributed by atoms with Crippen LogP contribution in [0.25, 0.3) is 0 Å². The lowest BCUT2D eigenvalue weighted by molar-refractivity contribution is -0.117. The maximum Gasteiger partial charge on any atom is 0.241 e. The SMILES string of the molecule is NC1Cc2cc(Br)cc(Br)c2NC1=O. The second kappa shape index (κ2) is 3.64. The average molecular weight is 320 g/mol. The zero-order valence-electron chi connectivity index (χ0n) is 7.18. The van der Waals surface area contributed by atoms with Gasteiger partial charge in [0.25, 0.3) is 0 Å². The van der Waals surface area contributed by atoms with Gasteiger partial charge in [0.1, 0.15) is 0 Å². The number of rotatable bonds is 0. The van der Waals surface area contributed by atoms with E-state index in [4.69, 9.17) is 5.73 Å². The standard InChI is InChI=1S/C9H8Br2N2O/c10-5-1-4-2-7(12)9(14)13-8(4)6(11)3-5/h1,3,7H,2,12H2,(H,13,14). The number of hydrogen-bond donors (Lipinski definition) is 2. The first-order valence-electron chi connectivity index (χ1n) is 4.12. The van der Waals surface area contributed by atoms with E-state index in [2.05, 4.69) is 37.2 Å². The van der Waals surface area contributed by atoms with Gasteiger partial charge in [-0.1, -0.05) is 15.9 Å². The van der Waals surface area contributed by atoms with Gasteiger partial charge in [-0.2, -0.15) is 0 Å². The van der Waals surface area contributed by atoms with Gasteiger partial charge >= 0.3 is 0 Å². The van der Waals surface area contributed by atoms with Crippen LogP contribution < -0.4 is 11.1 Å². The Hall–Kier alpha value is -0.390. The molecule has 1 aromatic rings. The zero-order chi connectivity index (χ0) is 10.3. The van der Waals surface area contributed by atoms with Gasteiger partial charge in [-0.05, 0) is 40.0 Å². The van der Waals surface area contributed by atoms with Crippen LogP contribution in [0.15, 0.2) is 21.1 Å². The fraction of sp³-hybridized carbons (Fsp3) is 0.222. The molecule has 3 N–H and O–H groups in total. The summed E-state index contributed by atoms with van der Waals surface area (Å²) >= 11 is 6.79. The van der Waals surface area contributed by atoms with Crippen molar-refractivity contribution in [3.05, 3.63) is 26.6 Å². The summed E-state index contributed by atoms with van der Waals surface area (Å²) in [6.45, 7) is 0. The van der Waals surface area contributed by atoms with Gasteiger partial charge in [-0.25, -0.2) is 0 Å². The Morgan fingerprint density at radius 3 is 2.86 bits per heavy atom.